The summed E-state index contributed by atoms with van der Waals surface area (Å²) >= 11 is 0. The maximum absolute atomic E-state index is 6.29. The first-order valence-corrected chi connectivity index (χ1v) is 8.18. The molecule has 4 rings (SSSR count). The summed E-state index contributed by atoms with van der Waals surface area (Å²) < 4.78 is 12.0. The molecule has 0 N–H and O–H groups in total. The predicted octanol–water partition coefficient (Wildman–Crippen LogP) is 3.79. The largest absolute Gasteiger partial charge is 0.353 e. The van der Waals surface area contributed by atoms with Crippen molar-refractivity contribution in [3.05, 3.63) is 0 Å². The Hall–Kier alpha value is -0.160. The number of hydrogen-bond donors (Lipinski definition) is 0. The summed E-state index contributed by atoms with van der Waals surface area (Å²) in [4.78, 5) is 11.8. The Morgan fingerprint density at radius 3 is 2.75 bits per heavy atom. The molecule has 1 aliphatic carbocycles. The highest BCUT2D eigenvalue weighted by atomic mass is 17.3. The van der Waals surface area contributed by atoms with Gasteiger partial charge in [-0.15, -0.1) is 0 Å². The van der Waals surface area contributed by atoms with Crippen molar-refractivity contribution in [3.8, 4) is 0 Å². The standard InChI is InChI=1S/C16H28O4/c1-12(2)7-10-15-11-8-13-6-4-5-9-16(13,20-19-15)14(17-3)18-15/h12-14H,4-11H2,1-3H3/t13-,14+,15-,16+/m1/s1. The fraction of sp³-hybridized carbons (Fsp3) is 1.00. The zero-order chi connectivity index (χ0) is 14.2. The van der Waals surface area contributed by atoms with Crippen LogP contribution in [-0.4, -0.2) is 24.8 Å². The van der Waals surface area contributed by atoms with Gasteiger partial charge in [-0.05, 0) is 37.5 Å². The summed E-state index contributed by atoms with van der Waals surface area (Å²) in [5.74, 6) is 0.552. The summed E-state index contributed by atoms with van der Waals surface area (Å²) in [6, 6.07) is 0. The van der Waals surface area contributed by atoms with Gasteiger partial charge in [0.05, 0.1) is 0 Å². The lowest BCUT2D eigenvalue weighted by Gasteiger charge is -2.49. The molecule has 4 atom stereocenters. The molecule has 0 unspecified atom stereocenters. The van der Waals surface area contributed by atoms with Crippen molar-refractivity contribution >= 4 is 0 Å². The fourth-order valence-corrected chi connectivity index (χ4v) is 4.03. The minimum absolute atomic E-state index is 0.281. The molecule has 3 saturated heterocycles. The molecule has 1 spiro atoms. The lowest BCUT2D eigenvalue weighted by Crippen LogP contribution is -2.60. The minimum Gasteiger partial charge on any atom is -0.353 e. The SMILES string of the molecule is CO[C@H]1O[C@@]2(CCC(C)C)CC[C@H]3CCCC[C@]31OO2. The maximum atomic E-state index is 6.29. The highest BCUT2D eigenvalue weighted by molar-refractivity contribution is 4.99. The van der Waals surface area contributed by atoms with Crippen molar-refractivity contribution < 1.29 is 19.2 Å². The number of rotatable bonds is 4. The molecule has 4 heteroatoms. The van der Waals surface area contributed by atoms with Crippen LogP contribution in [0.2, 0.25) is 0 Å². The van der Waals surface area contributed by atoms with Crippen molar-refractivity contribution in [2.75, 3.05) is 7.11 Å². The Morgan fingerprint density at radius 2 is 2.00 bits per heavy atom. The first-order valence-electron chi connectivity index (χ1n) is 8.18. The van der Waals surface area contributed by atoms with Crippen LogP contribution >= 0.6 is 0 Å². The maximum Gasteiger partial charge on any atom is 0.204 e. The highest BCUT2D eigenvalue weighted by Crippen LogP contribution is 2.53. The number of methoxy groups -OCH3 is 1. The van der Waals surface area contributed by atoms with Gasteiger partial charge in [-0.2, -0.15) is 0 Å². The fourth-order valence-electron chi connectivity index (χ4n) is 4.03. The van der Waals surface area contributed by atoms with Gasteiger partial charge >= 0.3 is 0 Å². The van der Waals surface area contributed by atoms with Crippen LogP contribution in [0.4, 0.5) is 0 Å². The van der Waals surface area contributed by atoms with E-state index >= 15 is 0 Å². The van der Waals surface area contributed by atoms with Crippen molar-refractivity contribution in [2.24, 2.45) is 11.8 Å². The Morgan fingerprint density at radius 1 is 1.15 bits per heavy atom. The molecule has 0 amide bonds. The van der Waals surface area contributed by atoms with E-state index in [0.717, 1.165) is 32.1 Å². The van der Waals surface area contributed by atoms with Gasteiger partial charge in [-0.1, -0.05) is 26.7 Å². The second-order valence-corrected chi connectivity index (χ2v) is 7.13. The molecule has 4 aliphatic rings. The van der Waals surface area contributed by atoms with Crippen LogP contribution < -0.4 is 0 Å². The quantitative estimate of drug-likeness (QED) is 0.736. The van der Waals surface area contributed by atoms with Gasteiger partial charge in [0.15, 0.2) is 11.9 Å². The molecule has 0 aromatic rings. The molecule has 1 saturated carbocycles. The Labute approximate surface area is 122 Å². The zero-order valence-corrected chi connectivity index (χ0v) is 13.0. The van der Waals surface area contributed by atoms with Gasteiger partial charge in [-0.3, -0.25) is 0 Å². The smallest absolute Gasteiger partial charge is 0.204 e. The van der Waals surface area contributed by atoms with Crippen molar-refractivity contribution in [3.63, 3.8) is 0 Å². The molecule has 3 heterocycles. The highest BCUT2D eigenvalue weighted by Gasteiger charge is 2.60. The van der Waals surface area contributed by atoms with Crippen molar-refractivity contribution in [1.82, 2.24) is 0 Å². The predicted molar refractivity (Wildman–Crippen MR) is 74.8 cm³/mol. The minimum atomic E-state index is -0.590. The molecular formula is C16H28O4. The van der Waals surface area contributed by atoms with Crippen LogP contribution in [0, 0.1) is 11.8 Å². The van der Waals surface area contributed by atoms with E-state index in [-0.39, 0.29) is 11.9 Å². The molecule has 4 fully saturated rings. The van der Waals surface area contributed by atoms with Gasteiger partial charge in [0.25, 0.3) is 0 Å². The third-order valence-corrected chi connectivity index (χ3v) is 5.32. The average molecular weight is 284 g/mol. The van der Waals surface area contributed by atoms with E-state index in [1.807, 2.05) is 0 Å². The second-order valence-electron chi connectivity index (χ2n) is 7.13. The molecule has 0 aromatic carbocycles. The molecule has 20 heavy (non-hydrogen) atoms. The molecule has 3 aliphatic heterocycles. The van der Waals surface area contributed by atoms with Crippen LogP contribution in [0.5, 0.6) is 0 Å². The van der Waals surface area contributed by atoms with E-state index in [4.69, 9.17) is 19.2 Å². The summed E-state index contributed by atoms with van der Waals surface area (Å²) in [5, 5.41) is 0. The lowest BCUT2D eigenvalue weighted by molar-refractivity contribution is -0.552. The molecule has 0 radical (unpaired) electrons. The third-order valence-electron chi connectivity index (χ3n) is 5.32. The van der Waals surface area contributed by atoms with E-state index in [1.54, 1.807) is 7.11 Å². The average Bonchev–Trinajstić information content (AvgIpc) is 2.71. The zero-order valence-electron chi connectivity index (χ0n) is 13.0. The number of ether oxygens (including phenoxy) is 2. The van der Waals surface area contributed by atoms with Crippen LogP contribution in [0.15, 0.2) is 0 Å². The Kier molecular flexibility index (Phi) is 4.10. The van der Waals surface area contributed by atoms with Crippen molar-refractivity contribution in [1.29, 1.82) is 0 Å². The summed E-state index contributed by atoms with van der Waals surface area (Å²) in [6.07, 6.45) is 8.36. The van der Waals surface area contributed by atoms with Gasteiger partial charge in [0.1, 0.15) is 0 Å². The summed E-state index contributed by atoms with van der Waals surface area (Å²) in [5.41, 5.74) is -0.370. The molecule has 2 bridgehead atoms. The molecular weight excluding hydrogens is 256 g/mol. The molecule has 116 valence electrons. The normalized spacial score (nSPS) is 44.4. The van der Waals surface area contributed by atoms with Crippen LogP contribution in [0.25, 0.3) is 0 Å². The van der Waals surface area contributed by atoms with E-state index in [0.29, 0.717) is 11.8 Å². The number of fused-ring (bicyclic) bond motifs is 3. The van der Waals surface area contributed by atoms with Gasteiger partial charge < -0.3 is 9.47 Å². The van der Waals surface area contributed by atoms with Gasteiger partial charge in [0, 0.05) is 20.0 Å². The van der Waals surface area contributed by atoms with Crippen molar-refractivity contribution in [2.45, 2.75) is 82.9 Å². The van der Waals surface area contributed by atoms with Gasteiger partial charge in [-0.25, -0.2) is 9.78 Å². The number of hydrogen-bond acceptors (Lipinski definition) is 4. The Balaban J connectivity index is 1.82. The van der Waals surface area contributed by atoms with Crippen LogP contribution in [0.3, 0.4) is 0 Å². The lowest BCUT2D eigenvalue weighted by atomic mass is 9.73. The molecule has 0 aromatic heterocycles. The van der Waals surface area contributed by atoms with E-state index < -0.39 is 5.79 Å². The van der Waals surface area contributed by atoms with E-state index in [2.05, 4.69) is 13.8 Å². The monoisotopic (exact) mass is 284 g/mol. The van der Waals surface area contributed by atoms with Crippen LogP contribution in [-0.2, 0) is 19.2 Å². The topological polar surface area (TPSA) is 36.9 Å². The summed E-state index contributed by atoms with van der Waals surface area (Å²) in [6.45, 7) is 4.46. The second kappa shape index (κ2) is 5.56. The van der Waals surface area contributed by atoms with Gasteiger partial charge in [0.2, 0.25) is 5.79 Å². The van der Waals surface area contributed by atoms with E-state index in [9.17, 15) is 0 Å². The third kappa shape index (κ3) is 2.41. The Bertz CT molecular complexity index is 341. The van der Waals surface area contributed by atoms with E-state index in [1.165, 1.54) is 19.3 Å². The first kappa shape index (κ1) is 14.8. The summed E-state index contributed by atoms with van der Waals surface area (Å²) in [7, 11) is 1.73. The molecule has 4 nitrogen and oxygen atoms in total. The first-order chi connectivity index (χ1) is 9.60. The van der Waals surface area contributed by atoms with Crippen LogP contribution in [0.1, 0.15) is 65.2 Å².